The predicted molar refractivity (Wildman–Crippen MR) is 129 cm³/mol. The van der Waals surface area contributed by atoms with Crippen molar-refractivity contribution in [3.63, 3.8) is 0 Å². The first-order valence-electron chi connectivity index (χ1n) is 9.47. The zero-order valence-corrected chi connectivity index (χ0v) is 19.4. The van der Waals surface area contributed by atoms with Gasteiger partial charge in [0, 0.05) is 30.0 Å². The van der Waals surface area contributed by atoms with E-state index in [2.05, 4.69) is 16.4 Å². The van der Waals surface area contributed by atoms with Crippen molar-refractivity contribution < 1.29 is 14.6 Å². The van der Waals surface area contributed by atoms with Gasteiger partial charge in [-0.25, -0.2) is 4.98 Å². The molecule has 0 bridgehead atoms. The Balaban J connectivity index is 0.00000341. The summed E-state index contributed by atoms with van der Waals surface area (Å²) in [7, 11) is 1.57. The number of benzene rings is 2. The molecule has 0 aliphatic carbocycles. The Labute approximate surface area is 193 Å². The Kier molecular flexibility index (Phi) is 8.63. The van der Waals surface area contributed by atoms with Crippen LogP contribution >= 0.6 is 24.8 Å². The number of carboxylic acids is 1. The molecule has 0 radical (unpaired) electrons. The minimum atomic E-state index is -0.864. The highest BCUT2D eigenvalue weighted by Gasteiger charge is 2.19. The molecule has 1 heterocycles. The number of carboxylic acid groups (broad SMARTS) is 1. The minimum absolute atomic E-state index is 0. The number of anilines is 2. The molecule has 3 rings (SSSR count). The van der Waals surface area contributed by atoms with Gasteiger partial charge in [0.1, 0.15) is 0 Å². The fraction of sp³-hybridized carbons (Fsp3) is 0.261. The van der Waals surface area contributed by atoms with E-state index in [0.717, 1.165) is 38.1 Å². The van der Waals surface area contributed by atoms with Crippen molar-refractivity contribution in [1.82, 2.24) is 4.98 Å². The van der Waals surface area contributed by atoms with Gasteiger partial charge in [0.2, 0.25) is 0 Å². The van der Waals surface area contributed by atoms with E-state index < -0.39 is 5.97 Å². The topological polar surface area (TPSA) is 95.2 Å². The molecule has 6 nitrogen and oxygen atoms in total. The number of nitriles is 1. The summed E-state index contributed by atoms with van der Waals surface area (Å²) in [6.45, 7) is 4.28. The van der Waals surface area contributed by atoms with Gasteiger partial charge in [0.25, 0.3) is 0 Å². The van der Waals surface area contributed by atoms with Gasteiger partial charge in [-0.15, -0.1) is 11.3 Å². The van der Waals surface area contributed by atoms with Crippen LogP contribution in [0.1, 0.15) is 34.2 Å². The molecular formula is C23H25N3O3S2. The monoisotopic (exact) mass is 455 g/mol. The lowest BCUT2D eigenvalue weighted by molar-refractivity contribution is -0.137. The van der Waals surface area contributed by atoms with Crippen LogP contribution in [0.25, 0.3) is 10.4 Å². The molecule has 0 aliphatic heterocycles. The van der Waals surface area contributed by atoms with Crippen molar-refractivity contribution in [2.75, 3.05) is 19.0 Å². The summed E-state index contributed by atoms with van der Waals surface area (Å²) >= 11 is 1.62. The number of nitrogens with zero attached hydrogens (tertiary/aromatic N) is 2. The van der Waals surface area contributed by atoms with Crippen LogP contribution in [0.2, 0.25) is 0 Å². The van der Waals surface area contributed by atoms with Gasteiger partial charge in [-0.1, -0.05) is 12.1 Å². The molecule has 0 aliphatic rings. The Hall–Kier alpha value is -2.86. The molecule has 8 heteroatoms. The van der Waals surface area contributed by atoms with Gasteiger partial charge in [-0.3, -0.25) is 4.79 Å². The molecule has 1 atom stereocenters. The molecule has 0 amide bonds. The SMILES string of the molecule is COC[C@@H](CC(=O)O)c1ccc(-c2sc(C)nc2C)c(Nc2ccc(C#N)cc2)c1.S. The molecule has 0 unspecified atom stereocenters. The van der Waals surface area contributed by atoms with Crippen molar-refractivity contribution in [1.29, 1.82) is 5.26 Å². The van der Waals surface area contributed by atoms with E-state index >= 15 is 0 Å². The molecule has 2 N–H and O–H groups in total. The second-order valence-corrected chi connectivity index (χ2v) is 8.22. The van der Waals surface area contributed by atoms with Crippen molar-refractivity contribution >= 4 is 42.2 Å². The number of aryl methyl sites for hydroxylation is 2. The summed E-state index contributed by atoms with van der Waals surface area (Å²) in [6, 6.07) is 15.3. The van der Waals surface area contributed by atoms with E-state index in [1.807, 2.05) is 44.2 Å². The first kappa shape index (κ1) is 24.4. The van der Waals surface area contributed by atoms with E-state index in [1.165, 1.54) is 0 Å². The maximum Gasteiger partial charge on any atom is 0.304 e. The van der Waals surface area contributed by atoms with E-state index in [0.29, 0.717) is 12.2 Å². The third-order valence-corrected chi connectivity index (χ3v) is 5.85. The number of hydrogen-bond donors (Lipinski definition) is 2. The number of ether oxygens (including phenoxy) is 1. The standard InChI is InChI=1S/C23H23N3O3S.H2S/c1-14-23(30-15(2)25-14)20-9-6-17(18(13-29-3)11-22(27)28)10-21(20)26-19-7-4-16(12-24)5-8-19;/h4-10,18,26H,11,13H2,1-3H3,(H,27,28);1H2/t18-;/m1./s1. The van der Waals surface area contributed by atoms with Gasteiger partial charge in [0.05, 0.1) is 40.2 Å². The zero-order valence-electron chi connectivity index (χ0n) is 17.6. The quantitative estimate of drug-likeness (QED) is 0.475. The summed E-state index contributed by atoms with van der Waals surface area (Å²) in [5, 5.41) is 22.7. The van der Waals surface area contributed by atoms with E-state index in [-0.39, 0.29) is 25.8 Å². The lowest BCUT2D eigenvalue weighted by Gasteiger charge is -2.18. The third-order valence-electron chi connectivity index (χ3n) is 4.75. The van der Waals surface area contributed by atoms with Gasteiger partial charge in [-0.2, -0.15) is 18.8 Å². The number of carbonyl (C=O) groups is 1. The highest BCUT2D eigenvalue weighted by molar-refractivity contribution is 7.59. The van der Waals surface area contributed by atoms with E-state index in [4.69, 9.17) is 10.00 Å². The average Bonchev–Trinajstić information content (AvgIpc) is 3.05. The van der Waals surface area contributed by atoms with Gasteiger partial charge in [-0.05, 0) is 49.7 Å². The summed E-state index contributed by atoms with van der Waals surface area (Å²) in [4.78, 5) is 16.9. The number of thiazole rings is 1. The smallest absolute Gasteiger partial charge is 0.304 e. The third kappa shape index (κ3) is 6.07. The van der Waals surface area contributed by atoms with Crippen LogP contribution in [0, 0.1) is 25.2 Å². The van der Waals surface area contributed by atoms with Crippen LogP contribution < -0.4 is 5.32 Å². The summed E-state index contributed by atoms with van der Waals surface area (Å²) < 4.78 is 5.26. The fourth-order valence-electron chi connectivity index (χ4n) is 3.37. The van der Waals surface area contributed by atoms with E-state index in [1.54, 1.807) is 30.6 Å². The zero-order chi connectivity index (χ0) is 21.7. The molecular weight excluding hydrogens is 430 g/mol. The summed E-state index contributed by atoms with van der Waals surface area (Å²) in [5.41, 5.74) is 5.12. The van der Waals surface area contributed by atoms with Crippen molar-refractivity contribution in [2.24, 2.45) is 0 Å². The second-order valence-electron chi connectivity index (χ2n) is 7.02. The lowest BCUT2D eigenvalue weighted by Crippen LogP contribution is -2.12. The Bertz CT molecular complexity index is 1090. The van der Waals surface area contributed by atoms with Crippen molar-refractivity contribution in [2.45, 2.75) is 26.2 Å². The Morgan fingerprint density at radius 1 is 1.26 bits per heavy atom. The molecule has 0 spiro atoms. The predicted octanol–water partition coefficient (Wildman–Crippen LogP) is 5.36. The number of methoxy groups -OCH3 is 1. The van der Waals surface area contributed by atoms with E-state index in [9.17, 15) is 9.90 Å². The van der Waals surface area contributed by atoms with Gasteiger partial charge < -0.3 is 15.2 Å². The molecule has 0 fully saturated rings. The average molecular weight is 456 g/mol. The van der Waals surface area contributed by atoms with Gasteiger partial charge >= 0.3 is 5.97 Å². The highest BCUT2D eigenvalue weighted by Crippen LogP contribution is 2.38. The second kappa shape index (κ2) is 11.0. The normalized spacial score (nSPS) is 11.3. The largest absolute Gasteiger partial charge is 0.481 e. The molecule has 31 heavy (non-hydrogen) atoms. The van der Waals surface area contributed by atoms with Crippen LogP contribution in [0.4, 0.5) is 11.4 Å². The lowest BCUT2D eigenvalue weighted by atomic mass is 9.94. The first-order chi connectivity index (χ1) is 14.4. The molecule has 3 aromatic rings. The molecule has 2 aromatic carbocycles. The number of rotatable bonds is 8. The van der Waals surface area contributed by atoms with Crippen LogP contribution in [0.15, 0.2) is 42.5 Å². The van der Waals surface area contributed by atoms with Crippen LogP contribution in [0.3, 0.4) is 0 Å². The maximum absolute atomic E-state index is 11.3. The molecule has 0 saturated heterocycles. The summed E-state index contributed by atoms with van der Waals surface area (Å²) in [6.07, 6.45) is -0.0117. The Morgan fingerprint density at radius 2 is 1.97 bits per heavy atom. The fourth-order valence-corrected chi connectivity index (χ4v) is 4.33. The molecule has 0 saturated carbocycles. The van der Waals surface area contributed by atoms with Crippen LogP contribution in [-0.4, -0.2) is 29.8 Å². The highest BCUT2D eigenvalue weighted by atomic mass is 32.1. The van der Waals surface area contributed by atoms with Crippen LogP contribution in [-0.2, 0) is 9.53 Å². The number of nitrogens with one attached hydrogen (secondary N) is 1. The Morgan fingerprint density at radius 3 is 2.52 bits per heavy atom. The minimum Gasteiger partial charge on any atom is -0.481 e. The summed E-state index contributed by atoms with van der Waals surface area (Å²) in [5.74, 6) is -1.12. The molecule has 162 valence electrons. The molecule has 1 aromatic heterocycles. The number of aromatic nitrogens is 1. The first-order valence-corrected chi connectivity index (χ1v) is 10.3. The van der Waals surface area contributed by atoms with Gasteiger partial charge in [0.15, 0.2) is 0 Å². The maximum atomic E-state index is 11.3. The number of aliphatic carboxylic acids is 1. The van der Waals surface area contributed by atoms with Crippen molar-refractivity contribution in [3.05, 3.63) is 64.3 Å². The van der Waals surface area contributed by atoms with Crippen molar-refractivity contribution in [3.8, 4) is 16.5 Å². The van der Waals surface area contributed by atoms with Crippen LogP contribution in [0.5, 0.6) is 0 Å². The number of hydrogen-bond acceptors (Lipinski definition) is 6.